The highest BCUT2D eigenvalue weighted by atomic mass is 14.3. The van der Waals surface area contributed by atoms with Gasteiger partial charge in [-0.3, -0.25) is 0 Å². The minimum absolute atomic E-state index is 0.532. The molecule has 0 fully saturated rings. The van der Waals surface area contributed by atoms with Crippen molar-refractivity contribution >= 4 is 0 Å². The largest absolute Gasteiger partial charge is 0.0628 e. The molecule has 0 nitrogen and oxygen atoms in total. The van der Waals surface area contributed by atoms with E-state index in [-0.39, 0.29) is 0 Å². The number of rotatable bonds is 7. The number of hydrogen-bond donors (Lipinski definition) is 0. The first-order chi connectivity index (χ1) is 6.73. The predicted octanol–water partition coefficient (Wildman–Crippen LogP) is 5.52. The first kappa shape index (κ1) is 15.0. The van der Waals surface area contributed by atoms with E-state index in [1.54, 1.807) is 0 Å². The first-order valence-electron chi connectivity index (χ1n) is 6.73. The maximum Gasteiger partial charge on any atom is -0.0349 e. The lowest BCUT2D eigenvalue weighted by Crippen LogP contribution is -2.18. The van der Waals surface area contributed by atoms with E-state index in [1.807, 2.05) is 0 Å². The van der Waals surface area contributed by atoms with Crippen LogP contribution in [0.1, 0.15) is 74.1 Å². The van der Waals surface area contributed by atoms with Gasteiger partial charge in [0.15, 0.2) is 0 Å². The van der Waals surface area contributed by atoms with Gasteiger partial charge in [-0.1, -0.05) is 61.3 Å². The summed E-state index contributed by atoms with van der Waals surface area (Å²) in [6.07, 6.45) is 5.54. The average Bonchev–Trinajstić information content (AvgIpc) is 1.96. The van der Waals surface area contributed by atoms with Gasteiger partial charge in [-0.25, -0.2) is 0 Å². The van der Waals surface area contributed by atoms with Crippen LogP contribution in [0, 0.1) is 23.2 Å². The van der Waals surface area contributed by atoms with E-state index in [4.69, 9.17) is 0 Å². The van der Waals surface area contributed by atoms with E-state index in [0.29, 0.717) is 5.41 Å². The van der Waals surface area contributed by atoms with Crippen LogP contribution in [0.2, 0.25) is 0 Å². The van der Waals surface area contributed by atoms with Crippen LogP contribution >= 0.6 is 0 Å². The zero-order valence-electron chi connectivity index (χ0n) is 12.1. The molecule has 0 saturated carbocycles. The molecule has 0 aromatic heterocycles. The Hall–Kier alpha value is 0. The Morgan fingerprint density at radius 2 is 1.27 bits per heavy atom. The molecule has 0 aliphatic carbocycles. The van der Waals surface area contributed by atoms with E-state index in [9.17, 15) is 0 Å². The molecule has 0 aromatic carbocycles. The van der Waals surface area contributed by atoms with Gasteiger partial charge in [0.1, 0.15) is 0 Å². The quantitative estimate of drug-likeness (QED) is 0.521. The Kier molecular flexibility index (Phi) is 6.55. The lowest BCUT2D eigenvalue weighted by atomic mass is 9.76. The summed E-state index contributed by atoms with van der Waals surface area (Å²) in [4.78, 5) is 0. The van der Waals surface area contributed by atoms with E-state index in [1.165, 1.54) is 25.7 Å². The van der Waals surface area contributed by atoms with Crippen molar-refractivity contribution in [3.63, 3.8) is 0 Å². The van der Waals surface area contributed by atoms with Crippen LogP contribution in [0.3, 0.4) is 0 Å². The molecule has 0 radical (unpaired) electrons. The highest BCUT2D eigenvalue weighted by molar-refractivity contribution is 4.73. The second-order valence-corrected chi connectivity index (χ2v) is 7.04. The minimum Gasteiger partial charge on any atom is -0.0628 e. The zero-order valence-corrected chi connectivity index (χ0v) is 12.1. The molecule has 0 amide bonds. The standard InChI is InChI=1S/C15H32/c1-12(2)8-9-14(5)11-15(6,7)10-13(3)4/h12-14H,8-11H2,1-7H3. The van der Waals surface area contributed by atoms with Gasteiger partial charge >= 0.3 is 0 Å². The van der Waals surface area contributed by atoms with Crippen LogP contribution in [-0.4, -0.2) is 0 Å². The monoisotopic (exact) mass is 212 g/mol. The van der Waals surface area contributed by atoms with Crippen LogP contribution in [0.25, 0.3) is 0 Å². The molecule has 92 valence electrons. The van der Waals surface area contributed by atoms with Gasteiger partial charge in [-0.05, 0) is 36.0 Å². The van der Waals surface area contributed by atoms with E-state index in [2.05, 4.69) is 48.5 Å². The van der Waals surface area contributed by atoms with Gasteiger partial charge in [0.05, 0.1) is 0 Å². The van der Waals surface area contributed by atoms with Crippen LogP contribution in [-0.2, 0) is 0 Å². The second-order valence-electron chi connectivity index (χ2n) is 7.04. The second kappa shape index (κ2) is 6.55. The molecule has 0 aromatic rings. The van der Waals surface area contributed by atoms with Crippen LogP contribution in [0.15, 0.2) is 0 Å². The molecule has 0 aliphatic rings. The van der Waals surface area contributed by atoms with E-state index >= 15 is 0 Å². The molecule has 0 rings (SSSR count). The molecule has 0 heterocycles. The Balaban J connectivity index is 3.87. The maximum absolute atomic E-state index is 2.43. The van der Waals surface area contributed by atoms with Crippen LogP contribution in [0.5, 0.6) is 0 Å². The molecular formula is C15H32. The Bertz CT molecular complexity index is 153. The molecule has 0 heteroatoms. The fourth-order valence-electron chi connectivity index (χ4n) is 2.85. The van der Waals surface area contributed by atoms with E-state index in [0.717, 1.165) is 17.8 Å². The van der Waals surface area contributed by atoms with Crippen molar-refractivity contribution in [3.05, 3.63) is 0 Å². The average molecular weight is 212 g/mol. The van der Waals surface area contributed by atoms with Crippen molar-refractivity contribution in [2.45, 2.75) is 74.1 Å². The predicted molar refractivity (Wildman–Crippen MR) is 71.1 cm³/mol. The lowest BCUT2D eigenvalue weighted by molar-refractivity contribution is 0.216. The Labute approximate surface area is 97.8 Å². The lowest BCUT2D eigenvalue weighted by Gasteiger charge is -2.30. The fourth-order valence-corrected chi connectivity index (χ4v) is 2.85. The highest BCUT2D eigenvalue weighted by Gasteiger charge is 2.22. The molecule has 15 heavy (non-hydrogen) atoms. The molecule has 1 unspecified atom stereocenters. The van der Waals surface area contributed by atoms with Gasteiger partial charge in [-0.15, -0.1) is 0 Å². The molecule has 0 bridgehead atoms. The third-order valence-electron chi connectivity index (χ3n) is 3.10. The summed E-state index contributed by atoms with van der Waals surface area (Å²) in [5.74, 6) is 2.58. The van der Waals surface area contributed by atoms with Crippen molar-refractivity contribution < 1.29 is 0 Å². The van der Waals surface area contributed by atoms with Crippen LogP contribution < -0.4 is 0 Å². The Morgan fingerprint density at radius 1 is 0.733 bits per heavy atom. The summed E-state index contributed by atoms with van der Waals surface area (Å²) in [5, 5.41) is 0. The summed E-state index contributed by atoms with van der Waals surface area (Å²) in [7, 11) is 0. The summed E-state index contributed by atoms with van der Waals surface area (Å²) in [5.41, 5.74) is 0.532. The van der Waals surface area contributed by atoms with Crippen molar-refractivity contribution in [2.75, 3.05) is 0 Å². The van der Waals surface area contributed by atoms with Crippen molar-refractivity contribution in [2.24, 2.45) is 23.2 Å². The topological polar surface area (TPSA) is 0 Å². The molecule has 0 aliphatic heterocycles. The summed E-state index contributed by atoms with van der Waals surface area (Å²) in [6.45, 7) is 16.6. The van der Waals surface area contributed by atoms with Gasteiger partial charge in [0.2, 0.25) is 0 Å². The van der Waals surface area contributed by atoms with Crippen molar-refractivity contribution in [1.29, 1.82) is 0 Å². The Morgan fingerprint density at radius 3 is 1.67 bits per heavy atom. The minimum atomic E-state index is 0.532. The van der Waals surface area contributed by atoms with Crippen LogP contribution in [0.4, 0.5) is 0 Å². The maximum atomic E-state index is 2.43. The van der Waals surface area contributed by atoms with Gasteiger partial charge in [0.25, 0.3) is 0 Å². The van der Waals surface area contributed by atoms with Crippen molar-refractivity contribution in [1.82, 2.24) is 0 Å². The highest BCUT2D eigenvalue weighted by Crippen LogP contribution is 2.34. The summed E-state index contributed by atoms with van der Waals surface area (Å²) in [6, 6.07) is 0. The summed E-state index contributed by atoms with van der Waals surface area (Å²) >= 11 is 0. The molecule has 0 spiro atoms. The third-order valence-corrected chi connectivity index (χ3v) is 3.10. The van der Waals surface area contributed by atoms with Gasteiger partial charge in [-0.2, -0.15) is 0 Å². The molecule has 0 N–H and O–H groups in total. The smallest absolute Gasteiger partial charge is 0.0349 e. The number of hydrogen-bond acceptors (Lipinski definition) is 0. The SMILES string of the molecule is CC(C)CCC(C)CC(C)(C)CC(C)C. The molecule has 1 atom stereocenters. The van der Waals surface area contributed by atoms with Gasteiger partial charge in [0, 0.05) is 0 Å². The summed E-state index contributed by atoms with van der Waals surface area (Å²) < 4.78 is 0. The van der Waals surface area contributed by atoms with E-state index < -0.39 is 0 Å². The first-order valence-corrected chi connectivity index (χ1v) is 6.73. The normalized spacial score (nSPS) is 15.0. The fraction of sp³-hybridized carbons (Fsp3) is 1.00. The third kappa shape index (κ3) is 8.96. The zero-order chi connectivity index (χ0) is 12.1. The molecular weight excluding hydrogens is 180 g/mol. The molecule has 0 saturated heterocycles. The van der Waals surface area contributed by atoms with Crippen molar-refractivity contribution in [3.8, 4) is 0 Å². The van der Waals surface area contributed by atoms with Gasteiger partial charge < -0.3 is 0 Å².